The monoisotopic (exact) mass is 248 g/mol. The lowest BCUT2D eigenvalue weighted by Crippen LogP contribution is -2.22. The van der Waals surface area contributed by atoms with E-state index in [1.807, 2.05) is 0 Å². The Balaban J connectivity index is 1.82. The zero-order valence-corrected chi connectivity index (χ0v) is 11.2. The molecule has 0 amide bonds. The molecule has 0 fully saturated rings. The highest BCUT2D eigenvalue weighted by molar-refractivity contribution is 5.38. The molecular weight excluding hydrogens is 224 g/mol. The van der Waals surface area contributed by atoms with Crippen LogP contribution in [0.3, 0.4) is 0 Å². The summed E-state index contributed by atoms with van der Waals surface area (Å²) in [6.07, 6.45) is 3.37. The van der Waals surface area contributed by atoms with Gasteiger partial charge in [-0.2, -0.15) is 0 Å². The molecule has 0 spiro atoms. The van der Waals surface area contributed by atoms with Gasteiger partial charge in [-0.3, -0.25) is 0 Å². The van der Waals surface area contributed by atoms with E-state index in [0.29, 0.717) is 5.92 Å². The molecule has 0 bridgehead atoms. The zero-order chi connectivity index (χ0) is 12.8. The molecule has 1 aromatic carbocycles. The highest BCUT2D eigenvalue weighted by Crippen LogP contribution is 2.25. The molecule has 3 nitrogen and oxygen atoms in total. The first-order valence-corrected chi connectivity index (χ1v) is 6.95. The molecule has 0 radical (unpaired) electrons. The third kappa shape index (κ3) is 3.72. The molecule has 1 unspecified atom stereocenters. The summed E-state index contributed by atoms with van der Waals surface area (Å²) in [5.41, 5.74) is 8.25. The number of aryl methyl sites for hydroxylation is 1. The van der Waals surface area contributed by atoms with Crippen LogP contribution in [0, 0.1) is 5.92 Å². The Morgan fingerprint density at radius 2 is 2.33 bits per heavy atom. The summed E-state index contributed by atoms with van der Waals surface area (Å²) in [4.78, 5) is 0. The van der Waals surface area contributed by atoms with E-state index in [1.165, 1.54) is 11.1 Å². The standard InChI is InChI=1S/C15H24N2O/c1-12(6-7-16)10-17-11-13-4-5-15-14(9-13)3-2-8-18-15/h4-5,9,12,17H,2-3,6-8,10-11,16H2,1H3. The first-order valence-electron chi connectivity index (χ1n) is 6.95. The van der Waals surface area contributed by atoms with Gasteiger partial charge in [-0.1, -0.05) is 19.1 Å². The fourth-order valence-electron chi connectivity index (χ4n) is 2.37. The van der Waals surface area contributed by atoms with E-state index in [4.69, 9.17) is 10.5 Å². The van der Waals surface area contributed by atoms with E-state index in [1.54, 1.807) is 0 Å². The summed E-state index contributed by atoms with van der Waals surface area (Å²) < 4.78 is 5.62. The van der Waals surface area contributed by atoms with Crippen molar-refractivity contribution >= 4 is 0 Å². The zero-order valence-electron chi connectivity index (χ0n) is 11.2. The van der Waals surface area contributed by atoms with Gasteiger partial charge in [-0.15, -0.1) is 0 Å². The smallest absolute Gasteiger partial charge is 0.122 e. The predicted octanol–water partition coefficient (Wildman–Crippen LogP) is 2.09. The van der Waals surface area contributed by atoms with Crippen molar-refractivity contribution in [2.75, 3.05) is 19.7 Å². The van der Waals surface area contributed by atoms with Crippen LogP contribution in [0.1, 0.15) is 30.9 Å². The van der Waals surface area contributed by atoms with Crippen molar-refractivity contribution in [3.63, 3.8) is 0 Å². The van der Waals surface area contributed by atoms with E-state index in [-0.39, 0.29) is 0 Å². The molecule has 3 heteroatoms. The number of nitrogens with one attached hydrogen (secondary N) is 1. The van der Waals surface area contributed by atoms with Crippen molar-refractivity contribution in [2.45, 2.75) is 32.7 Å². The van der Waals surface area contributed by atoms with Crippen LogP contribution >= 0.6 is 0 Å². The van der Waals surface area contributed by atoms with Crippen LogP contribution in [0.4, 0.5) is 0 Å². The van der Waals surface area contributed by atoms with E-state index in [2.05, 4.69) is 30.4 Å². The van der Waals surface area contributed by atoms with Crippen LogP contribution in [0.15, 0.2) is 18.2 Å². The van der Waals surface area contributed by atoms with Gasteiger partial charge in [-0.05, 0) is 55.5 Å². The van der Waals surface area contributed by atoms with Gasteiger partial charge >= 0.3 is 0 Å². The normalized spacial score (nSPS) is 15.9. The highest BCUT2D eigenvalue weighted by Gasteiger charge is 2.10. The second kappa shape index (κ2) is 6.76. The van der Waals surface area contributed by atoms with Gasteiger partial charge in [0.1, 0.15) is 5.75 Å². The molecule has 3 N–H and O–H groups in total. The molecule has 0 saturated heterocycles. The fraction of sp³-hybridized carbons (Fsp3) is 0.600. The van der Waals surface area contributed by atoms with Gasteiger partial charge in [-0.25, -0.2) is 0 Å². The van der Waals surface area contributed by atoms with Crippen molar-refractivity contribution < 1.29 is 4.74 Å². The van der Waals surface area contributed by atoms with Gasteiger partial charge < -0.3 is 15.8 Å². The molecule has 1 atom stereocenters. The number of nitrogens with two attached hydrogens (primary N) is 1. The second-order valence-electron chi connectivity index (χ2n) is 5.21. The maximum atomic E-state index is 5.62. The van der Waals surface area contributed by atoms with Gasteiger partial charge in [0, 0.05) is 6.54 Å². The van der Waals surface area contributed by atoms with Crippen LogP contribution < -0.4 is 15.8 Å². The van der Waals surface area contributed by atoms with E-state index in [0.717, 1.165) is 51.3 Å². The van der Waals surface area contributed by atoms with Crippen LogP contribution in [0.5, 0.6) is 5.75 Å². The van der Waals surface area contributed by atoms with Gasteiger partial charge in [0.05, 0.1) is 6.61 Å². The maximum absolute atomic E-state index is 5.62. The third-order valence-corrected chi connectivity index (χ3v) is 3.45. The van der Waals surface area contributed by atoms with Crippen LogP contribution in [-0.4, -0.2) is 19.7 Å². The highest BCUT2D eigenvalue weighted by atomic mass is 16.5. The van der Waals surface area contributed by atoms with E-state index < -0.39 is 0 Å². The summed E-state index contributed by atoms with van der Waals surface area (Å²) in [6, 6.07) is 6.54. The van der Waals surface area contributed by atoms with Gasteiger partial charge in [0.15, 0.2) is 0 Å². The van der Waals surface area contributed by atoms with Crippen molar-refractivity contribution in [3.8, 4) is 5.75 Å². The number of ether oxygens (including phenoxy) is 1. The Bertz CT molecular complexity index is 379. The summed E-state index contributed by atoms with van der Waals surface area (Å²) in [7, 11) is 0. The summed E-state index contributed by atoms with van der Waals surface area (Å²) in [5.74, 6) is 1.72. The number of fused-ring (bicyclic) bond motifs is 1. The molecule has 18 heavy (non-hydrogen) atoms. The van der Waals surface area contributed by atoms with Gasteiger partial charge in [0.25, 0.3) is 0 Å². The quantitative estimate of drug-likeness (QED) is 0.810. The molecule has 2 rings (SSSR count). The van der Waals surface area contributed by atoms with Crippen LogP contribution in [-0.2, 0) is 13.0 Å². The Kier molecular flexibility index (Phi) is 5.02. The second-order valence-corrected chi connectivity index (χ2v) is 5.21. The van der Waals surface area contributed by atoms with Crippen LogP contribution in [0.2, 0.25) is 0 Å². The summed E-state index contributed by atoms with van der Waals surface area (Å²) in [5, 5.41) is 3.50. The summed E-state index contributed by atoms with van der Waals surface area (Å²) >= 11 is 0. The van der Waals surface area contributed by atoms with Crippen molar-refractivity contribution in [2.24, 2.45) is 11.7 Å². The minimum absolute atomic E-state index is 0.649. The third-order valence-electron chi connectivity index (χ3n) is 3.45. The molecule has 0 aliphatic carbocycles. The number of rotatable bonds is 6. The molecule has 1 aromatic rings. The van der Waals surface area contributed by atoms with E-state index in [9.17, 15) is 0 Å². The number of hydrogen-bond donors (Lipinski definition) is 2. The topological polar surface area (TPSA) is 47.3 Å². The van der Waals surface area contributed by atoms with E-state index >= 15 is 0 Å². The molecule has 100 valence electrons. The number of benzene rings is 1. The molecular formula is C15H24N2O. The lowest BCUT2D eigenvalue weighted by atomic mass is 10.0. The first-order chi connectivity index (χ1) is 8.79. The van der Waals surface area contributed by atoms with Gasteiger partial charge in [0.2, 0.25) is 0 Å². The Morgan fingerprint density at radius 3 is 3.17 bits per heavy atom. The number of hydrogen-bond acceptors (Lipinski definition) is 3. The summed E-state index contributed by atoms with van der Waals surface area (Å²) in [6.45, 7) is 5.84. The predicted molar refractivity (Wildman–Crippen MR) is 74.8 cm³/mol. The minimum atomic E-state index is 0.649. The fourth-order valence-corrected chi connectivity index (χ4v) is 2.37. The first kappa shape index (κ1) is 13.4. The molecule has 0 saturated carbocycles. The van der Waals surface area contributed by atoms with Crippen molar-refractivity contribution in [1.29, 1.82) is 0 Å². The van der Waals surface area contributed by atoms with Crippen molar-refractivity contribution in [3.05, 3.63) is 29.3 Å². The Hall–Kier alpha value is -1.06. The van der Waals surface area contributed by atoms with Crippen LogP contribution in [0.25, 0.3) is 0 Å². The largest absolute Gasteiger partial charge is 0.493 e. The average molecular weight is 248 g/mol. The van der Waals surface area contributed by atoms with Crippen molar-refractivity contribution in [1.82, 2.24) is 5.32 Å². The Morgan fingerprint density at radius 1 is 1.44 bits per heavy atom. The Labute approximate surface area is 110 Å². The lowest BCUT2D eigenvalue weighted by molar-refractivity contribution is 0.288. The minimum Gasteiger partial charge on any atom is -0.493 e. The SMILES string of the molecule is CC(CCN)CNCc1ccc2c(c1)CCCO2. The molecule has 0 aromatic heterocycles. The lowest BCUT2D eigenvalue weighted by Gasteiger charge is -2.18. The maximum Gasteiger partial charge on any atom is 0.122 e. The molecule has 1 aliphatic heterocycles. The average Bonchev–Trinajstić information content (AvgIpc) is 2.39. The molecule has 1 heterocycles. The molecule has 1 aliphatic rings.